The average Bonchev–Trinajstić information content (AvgIpc) is 1.86. The molecular formula is C8H18O. The molecule has 0 fully saturated rings. The molecule has 1 atom stereocenters. The molecule has 0 spiro atoms. The number of hydrogen-bond donors (Lipinski definition) is 1. The van der Waals surface area contributed by atoms with E-state index in [4.69, 9.17) is 0 Å². The van der Waals surface area contributed by atoms with E-state index in [0.717, 1.165) is 12.8 Å². The molecule has 1 nitrogen and oxygen atoms in total. The van der Waals surface area contributed by atoms with E-state index < -0.39 is 0 Å². The van der Waals surface area contributed by atoms with Gasteiger partial charge in [-0.3, -0.25) is 0 Å². The molecule has 0 amide bonds. The summed E-state index contributed by atoms with van der Waals surface area (Å²) in [6.07, 6.45) is 1.94. The molecule has 1 heteroatoms. The Morgan fingerprint density at radius 3 is 1.67 bits per heavy atom. The highest BCUT2D eigenvalue weighted by Gasteiger charge is 2.24. The van der Waals surface area contributed by atoms with Crippen LogP contribution < -0.4 is 0 Å². The molecule has 0 aliphatic carbocycles. The predicted octanol–water partition coefficient (Wildman–Crippen LogP) is 2.19. The van der Waals surface area contributed by atoms with Crippen molar-refractivity contribution in [3.63, 3.8) is 0 Å². The summed E-state index contributed by atoms with van der Waals surface area (Å²) in [6.45, 7) is 8.23. The Kier molecular flexibility index (Phi) is 3.20. The summed E-state index contributed by atoms with van der Waals surface area (Å²) >= 11 is 0. The third-order valence-corrected chi connectivity index (χ3v) is 2.62. The van der Waals surface area contributed by atoms with Crippen LogP contribution in [0.3, 0.4) is 0 Å². The van der Waals surface area contributed by atoms with Crippen LogP contribution in [0.5, 0.6) is 0 Å². The third kappa shape index (κ3) is 1.98. The van der Waals surface area contributed by atoms with E-state index in [0.29, 0.717) is 0 Å². The fourth-order valence-corrected chi connectivity index (χ4v) is 0.841. The Morgan fingerprint density at radius 1 is 1.33 bits per heavy atom. The minimum atomic E-state index is -0.174. The van der Waals surface area contributed by atoms with Crippen LogP contribution in [-0.2, 0) is 0 Å². The van der Waals surface area contributed by atoms with Crippen LogP contribution >= 0.6 is 0 Å². The first-order valence-corrected chi connectivity index (χ1v) is 3.75. The lowest BCUT2D eigenvalue weighted by molar-refractivity contribution is 0.0463. The van der Waals surface area contributed by atoms with E-state index >= 15 is 0 Å². The lowest BCUT2D eigenvalue weighted by Crippen LogP contribution is -2.27. The van der Waals surface area contributed by atoms with Gasteiger partial charge in [-0.15, -0.1) is 0 Å². The molecule has 9 heavy (non-hydrogen) atoms. The molecule has 1 unspecified atom stereocenters. The van der Waals surface area contributed by atoms with E-state index in [1.165, 1.54) is 0 Å². The molecule has 56 valence electrons. The van der Waals surface area contributed by atoms with Crippen molar-refractivity contribution in [2.45, 2.75) is 46.6 Å². The summed E-state index contributed by atoms with van der Waals surface area (Å²) in [4.78, 5) is 0. The maximum atomic E-state index is 9.27. The topological polar surface area (TPSA) is 20.2 Å². The Morgan fingerprint density at radius 2 is 1.67 bits per heavy atom. The van der Waals surface area contributed by atoms with E-state index in [-0.39, 0.29) is 11.5 Å². The number of aliphatic hydroxyl groups excluding tert-OH is 1. The lowest BCUT2D eigenvalue weighted by atomic mass is 9.80. The Balaban J connectivity index is 3.92. The summed E-state index contributed by atoms with van der Waals surface area (Å²) in [5.74, 6) is 0. The van der Waals surface area contributed by atoms with Crippen molar-refractivity contribution in [1.29, 1.82) is 0 Å². The van der Waals surface area contributed by atoms with Gasteiger partial charge in [0, 0.05) is 0 Å². The van der Waals surface area contributed by atoms with Gasteiger partial charge in [0.15, 0.2) is 0 Å². The van der Waals surface area contributed by atoms with Crippen molar-refractivity contribution in [1.82, 2.24) is 0 Å². The number of aliphatic hydroxyl groups is 1. The van der Waals surface area contributed by atoms with Gasteiger partial charge in [0.2, 0.25) is 0 Å². The zero-order chi connectivity index (χ0) is 7.49. The molecule has 0 aromatic carbocycles. The van der Waals surface area contributed by atoms with Gasteiger partial charge in [0.1, 0.15) is 0 Å². The summed E-state index contributed by atoms with van der Waals surface area (Å²) in [5.41, 5.74) is 0.139. The molecular weight excluding hydrogens is 112 g/mol. The van der Waals surface area contributed by atoms with E-state index in [2.05, 4.69) is 20.8 Å². The minimum Gasteiger partial charge on any atom is -0.393 e. The molecule has 0 saturated carbocycles. The van der Waals surface area contributed by atoms with Crippen molar-refractivity contribution < 1.29 is 5.11 Å². The molecule has 0 bridgehead atoms. The molecule has 0 rings (SSSR count). The quantitative estimate of drug-likeness (QED) is 0.621. The van der Waals surface area contributed by atoms with Gasteiger partial charge in [-0.1, -0.05) is 20.8 Å². The molecule has 0 aliphatic rings. The summed E-state index contributed by atoms with van der Waals surface area (Å²) in [7, 11) is 0. The summed E-state index contributed by atoms with van der Waals surface area (Å²) < 4.78 is 0. The largest absolute Gasteiger partial charge is 0.393 e. The normalized spacial score (nSPS) is 15.7. The highest BCUT2D eigenvalue weighted by molar-refractivity contribution is 4.75. The predicted molar refractivity (Wildman–Crippen MR) is 40.4 cm³/mol. The lowest BCUT2D eigenvalue weighted by Gasteiger charge is -2.29. The highest BCUT2D eigenvalue weighted by Crippen LogP contribution is 2.28. The van der Waals surface area contributed by atoms with Crippen molar-refractivity contribution in [2.75, 3.05) is 0 Å². The van der Waals surface area contributed by atoms with Gasteiger partial charge in [-0.2, -0.15) is 0 Å². The third-order valence-electron chi connectivity index (χ3n) is 2.62. The minimum absolute atomic E-state index is 0.139. The molecule has 0 aliphatic heterocycles. The zero-order valence-corrected chi connectivity index (χ0v) is 6.94. The zero-order valence-electron chi connectivity index (χ0n) is 6.94. The Labute approximate surface area is 58.1 Å². The van der Waals surface area contributed by atoms with Crippen LogP contribution in [0, 0.1) is 5.41 Å². The second-order valence-electron chi connectivity index (χ2n) is 3.04. The average molecular weight is 130 g/mol. The number of rotatable bonds is 3. The molecule has 0 radical (unpaired) electrons. The fourth-order valence-electron chi connectivity index (χ4n) is 0.841. The molecule has 1 N–H and O–H groups in total. The molecule has 0 aromatic rings. The fraction of sp³-hybridized carbons (Fsp3) is 1.00. The maximum Gasteiger partial charge on any atom is 0.0565 e. The van der Waals surface area contributed by atoms with Crippen molar-refractivity contribution in [3.8, 4) is 0 Å². The second-order valence-corrected chi connectivity index (χ2v) is 3.04. The van der Waals surface area contributed by atoms with Gasteiger partial charge in [-0.25, -0.2) is 0 Å². The first kappa shape index (κ1) is 8.96. The van der Waals surface area contributed by atoms with Crippen molar-refractivity contribution in [3.05, 3.63) is 0 Å². The van der Waals surface area contributed by atoms with Crippen LogP contribution in [0.2, 0.25) is 0 Å². The van der Waals surface area contributed by atoms with Gasteiger partial charge in [0.05, 0.1) is 6.10 Å². The van der Waals surface area contributed by atoms with Crippen LogP contribution in [0.4, 0.5) is 0 Å². The monoisotopic (exact) mass is 130 g/mol. The Bertz CT molecular complexity index is 72.6. The Hall–Kier alpha value is -0.0400. The molecule has 0 heterocycles. The second kappa shape index (κ2) is 3.21. The maximum absolute atomic E-state index is 9.27. The van der Waals surface area contributed by atoms with Gasteiger partial charge in [0.25, 0.3) is 0 Å². The first-order chi connectivity index (χ1) is 4.06. The van der Waals surface area contributed by atoms with Gasteiger partial charge < -0.3 is 5.11 Å². The SMILES string of the molecule is CCC(C)(CC)C(C)O. The van der Waals surface area contributed by atoms with Crippen LogP contribution in [0.15, 0.2) is 0 Å². The molecule has 0 aromatic heterocycles. The van der Waals surface area contributed by atoms with Gasteiger partial charge in [-0.05, 0) is 25.2 Å². The van der Waals surface area contributed by atoms with E-state index in [1.807, 2.05) is 6.92 Å². The highest BCUT2D eigenvalue weighted by atomic mass is 16.3. The standard InChI is InChI=1S/C8H18O/c1-5-8(4,6-2)7(3)9/h7,9H,5-6H2,1-4H3. The van der Waals surface area contributed by atoms with Crippen LogP contribution in [-0.4, -0.2) is 11.2 Å². The van der Waals surface area contributed by atoms with Crippen LogP contribution in [0.25, 0.3) is 0 Å². The van der Waals surface area contributed by atoms with E-state index in [9.17, 15) is 5.11 Å². The van der Waals surface area contributed by atoms with Crippen LogP contribution in [0.1, 0.15) is 40.5 Å². The van der Waals surface area contributed by atoms with Crippen molar-refractivity contribution in [2.24, 2.45) is 5.41 Å². The summed E-state index contributed by atoms with van der Waals surface area (Å²) in [5, 5.41) is 9.27. The smallest absolute Gasteiger partial charge is 0.0565 e. The molecule has 0 saturated heterocycles. The van der Waals surface area contributed by atoms with Crippen molar-refractivity contribution >= 4 is 0 Å². The number of hydrogen-bond acceptors (Lipinski definition) is 1. The van der Waals surface area contributed by atoms with E-state index in [1.54, 1.807) is 0 Å². The van der Waals surface area contributed by atoms with Gasteiger partial charge >= 0.3 is 0 Å². The summed E-state index contributed by atoms with van der Waals surface area (Å²) in [6, 6.07) is 0. The first-order valence-electron chi connectivity index (χ1n) is 3.75.